The normalized spacial score (nSPS) is 11.5. The first-order valence-corrected chi connectivity index (χ1v) is 8.21. The molecule has 9 heteroatoms. The number of alkyl halides is 2. The fraction of sp³-hybridized carbons (Fsp3) is 0.529. The second-order valence-corrected chi connectivity index (χ2v) is 5.65. The summed E-state index contributed by atoms with van der Waals surface area (Å²) in [7, 11) is 3.08. The molecule has 0 heterocycles. The third-order valence-electron chi connectivity index (χ3n) is 3.39. The molecule has 146 valence electrons. The van der Waals surface area contributed by atoms with Crippen molar-refractivity contribution in [2.24, 2.45) is 10.9 Å². The van der Waals surface area contributed by atoms with Crippen LogP contribution in [0.25, 0.3) is 0 Å². The monoisotopic (exact) mass is 372 g/mol. The SMILES string of the molecule is CN=C(NCCNC(=O)C(C)C)NCc1cc(OC)ccc1OC(F)F. The summed E-state index contributed by atoms with van der Waals surface area (Å²) in [5.41, 5.74) is 0.501. The number of benzene rings is 1. The van der Waals surface area contributed by atoms with Crippen molar-refractivity contribution in [1.82, 2.24) is 16.0 Å². The zero-order valence-electron chi connectivity index (χ0n) is 15.4. The topological polar surface area (TPSA) is 84.0 Å². The third-order valence-corrected chi connectivity index (χ3v) is 3.39. The van der Waals surface area contributed by atoms with Crippen LogP contribution in [0.5, 0.6) is 11.5 Å². The highest BCUT2D eigenvalue weighted by atomic mass is 19.3. The second-order valence-electron chi connectivity index (χ2n) is 5.65. The first kappa shape index (κ1) is 21.5. The standard InChI is InChI=1S/C17H26F2N4O3/c1-11(2)15(24)21-7-8-22-17(20-3)23-10-12-9-13(25-4)5-6-14(12)26-16(18)19/h5-6,9,11,16H,7-8,10H2,1-4H3,(H,21,24)(H2,20,22,23). The highest BCUT2D eigenvalue weighted by Crippen LogP contribution is 2.25. The Hall–Kier alpha value is -2.58. The molecular formula is C17H26F2N4O3. The number of methoxy groups -OCH3 is 1. The highest BCUT2D eigenvalue weighted by Gasteiger charge is 2.12. The van der Waals surface area contributed by atoms with E-state index in [1.54, 1.807) is 19.2 Å². The van der Waals surface area contributed by atoms with Crippen LogP contribution in [0.15, 0.2) is 23.2 Å². The minimum atomic E-state index is -2.91. The second kappa shape index (κ2) is 11.1. The van der Waals surface area contributed by atoms with Crippen molar-refractivity contribution in [2.75, 3.05) is 27.2 Å². The van der Waals surface area contributed by atoms with Crippen LogP contribution in [-0.4, -0.2) is 45.7 Å². The molecule has 7 nitrogen and oxygen atoms in total. The van der Waals surface area contributed by atoms with Gasteiger partial charge in [-0.15, -0.1) is 0 Å². The van der Waals surface area contributed by atoms with Gasteiger partial charge in [0.05, 0.1) is 7.11 Å². The van der Waals surface area contributed by atoms with Crippen LogP contribution in [0.2, 0.25) is 0 Å². The zero-order valence-corrected chi connectivity index (χ0v) is 15.4. The fourth-order valence-electron chi connectivity index (χ4n) is 2.00. The van der Waals surface area contributed by atoms with Crippen molar-refractivity contribution in [2.45, 2.75) is 27.0 Å². The van der Waals surface area contributed by atoms with E-state index in [2.05, 4.69) is 25.7 Å². The van der Waals surface area contributed by atoms with Gasteiger partial charge in [-0.3, -0.25) is 9.79 Å². The summed E-state index contributed by atoms with van der Waals surface area (Å²) < 4.78 is 34.7. The number of hydrogen-bond acceptors (Lipinski definition) is 4. The first-order chi connectivity index (χ1) is 12.4. The fourth-order valence-corrected chi connectivity index (χ4v) is 2.00. The molecule has 0 fully saturated rings. The molecule has 0 spiro atoms. The maximum absolute atomic E-state index is 12.5. The number of halogens is 2. The van der Waals surface area contributed by atoms with E-state index >= 15 is 0 Å². The maximum atomic E-state index is 12.5. The Morgan fingerprint density at radius 2 is 1.88 bits per heavy atom. The molecule has 0 bridgehead atoms. The lowest BCUT2D eigenvalue weighted by atomic mass is 10.2. The Labute approximate surface area is 152 Å². The number of ether oxygens (including phenoxy) is 2. The molecule has 0 unspecified atom stereocenters. The zero-order chi connectivity index (χ0) is 19.5. The Morgan fingerprint density at radius 1 is 1.19 bits per heavy atom. The van der Waals surface area contributed by atoms with Crippen molar-refractivity contribution in [1.29, 1.82) is 0 Å². The van der Waals surface area contributed by atoms with Crippen LogP contribution in [0, 0.1) is 5.92 Å². The molecule has 3 N–H and O–H groups in total. The van der Waals surface area contributed by atoms with E-state index in [1.807, 2.05) is 13.8 Å². The van der Waals surface area contributed by atoms with Gasteiger partial charge < -0.3 is 25.4 Å². The van der Waals surface area contributed by atoms with Crippen molar-refractivity contribution in [3.8, 4) is 11.5 Å². The van der Waals surface area contributed by atoms with E-state index in [0.717, 1.165) is 0 Å². The molecule has 0 radical (unpaired) electrons. The lowest BCUT2D eigenvalue weighted by Crippen LogP contribution is -2.41. The Kier molecular flexibility index (Phi) is 9.18. The van der Waals surface area contributed by atoms with E-state index in [4.69, 9.17) is 4.74 Å². The molecule has 0 saturated heterocycles. The maximum Gasteiger partial charge on any atom is 0.387 e. The minimum absolute atomic E-state index is 0.0279. The number of rotatable bonds is 9. The summed E-state index contributed by atoms with van der Waals surface area (Å²) in [5.74, 6) is 0.957. The summed E-state index contributed by atoms with van der Waals surface area (Å²) in [4.78, 5) is 15.5. The molecule has 0 aliphatic carbocycles. The quantitative estimate of drug-likeness (QED) is 0.349. The molecule has 0 aliphatic heterocycles. The number of hydrogen-bond donors (Lipinski definition) is 3. The van der Waals surface area contributed by atoms with Crippen LogP contribution in [0.1, 0.15) is 19.4 Å². The van der Waals surface area contributed by atoms with Crippen molar-refractivity contribution in [3.05, 3.63) is 23.8 Å². The van der Waals surface area contributed by atoms with Crippen LogP contribution in [0.4, 0.5) is 8.78 Å². The van der Waals surface area contributed by atoms with E-state index in [1.165, 1.54) is 13.2 Å². The van der Waals surface area contributed by atoms with Crippen molar-refractivity contribution < 1.29 is 23.0 Å². The van der Waals surface area contributed by atoms with Gasteiger partial charge in [0.1, 0.15) is 11.5 Å². The van der Waals surface area contributed by atoms with Gasteiger partial charge in [0.15, 0.2) is 5.96 Å². The van der Waals surface area contributed by atoms with Gasteiger partial charge in [-0.1, -0.05) is 13.8 Å². The van der Waals surface area contributed by atoms with E-state index < -0.39 is 6.61 Å². The lowest BCUT2D eigenvalue weighted by molar-refractivity contribution is -0.123. The molecule has 1 aromatic carbocycles. The lowest BCUT2D eigenvalue weighted by Gasteiger charge is -2.16. The first-order valence-electron chi connectivity index (χ1n) is 8.21. The smallest absolute Gasteiger partial charge is 0.387 e. The molecule has 26 heavy (non-hydrogen) atoms. The summed E-state index contributed by atoms with van der Waals surface area (Å²) in [6, 6.07) is 4.59. The van der Waals surface area contributed by atoms with Gasteiger partial charge in [0.2, 0.25) is 5.91 Å². The molecule has 1 amide bonds. The summed E-state index contributed by atoms with van der Waals surface area (Å²) >= 11 is 0. The highest BCUT2D eigenvalue weighted by molar-refractivity contribution is 5.80. The number of amides is 1. The molecule has 0 saturated carbocycles. The molecule has 0 aromatic heterocycles. The number of guanidine groups is 1. The van der Waals surface area contributed by atoms with Gasteiger partial charge in [0, 0.05) is 38.2 Å². The Morgan fingerprint density at radius 3 is 2.46 bits per heavy atom. The number of nitrogens with zero attached hydrogens (tertiary/aromatic N) is 1. The Balaban J connectivity index is 2.58. The van der Waals surface area contributed by atoms with Gasteiger partial charge in [-0.2, -0.15) is 8.78 Å². The number of carbonyl (C=O) groups is 1. The van der Waals surface area contributed by atoms with Gasteiger partial charge in [0.25, 0.3) is 0 Å². The van der Waals surface area contributed by atoms with Crippen LogP contribution < -0.4 is 25.4 Å². The molecule has 1 rings (SSSR count). The third kappa shape index (κ3) is 7.54. The average Bonchev–Trinajstić information content (AvgIpc) is 2.61. The predicted octanol–water partition coefficient (Wildman–Crippen LogP) is 1.73. The van der Waals surface area contributed by atoms with E-state index in [0.29, 0.717) is 30.4 Å². The van der Waals surface area contributed by atoms with E-state index in [9.17, 15) is 13.6 Å². The number of carbonyl (C=O) groups excluding carboxylic acids is 1. The van der Waals surface area contributed by atoms with Gasteiger partial charge >= 0.3 is 6.61 Å². The van der Waals surface area contributed by atoms with Crippen LogP contribution in [-0.2, 0) is 11.3 Å². The predicted molar refractivity (Wildman–Crippen MR) is 95.7 cm³/mol. The molecule has 1 aromatic rings. The minimum Gasteiger partial charge on any atom is -0.497 e. The molecular weight excluding hydrogens is 346 g/mol. The number of aliphatic imine (C=N–C) groups is 1. The number of nitrogens with one attached hydrogen (secondary N) is 3. The van der Waals surface area contributed by atoms with Gasteiger partial charge in [-0.05, 0) is 18.2 Å². The Bertz CT molecular complexity index is 610. The van der Waals surface area contributed by atoms with E-state index in [-0.39, 0.29) is 24.1 Å². The van der Waals surface area contributed by atoms with Crippen LogP contribution >= 0.6 is 0 Å². The van der Waals surface area contributed by atoms with Crippen molar-refractivity contribution >= 4 is 11.9 Å². The van der Waals surface area contributed by atoms with Crippen LogP contribution in [0.3, 0.4) is 0 Å². The largest absolute Gasteiger partial charge is 0.497 e. The molecule has 0 atom stereocenters. The average molecular weight is 372 g/mol. The molecule has 0 aliphatic rings. The summed E-state index contributed by atoms with van der Waals surface area (Å²) in [6.45, 7) is 1.83. The summed E-state index contributed by atoms with van der Waals surface area (Å²) in [6.07, 6.45) is 0. The summed E-state index contributed by atoms with van der Waals surface area (Å²) in [5, 5.41) is 8.81. The van der Waals surface area contributed by atoms with Crippen molar-refractivity contribution in [3.63, 3.8) is 0 Å². The van der Waals surface area contributed by atoms with Gasteiger partial charge in [-0.25, -0.2) is 0 Å².